The molecule has 234 valence electrons. The first-order chi connectivity index (χ1) is 22.1. The van der Waals surface area contributed by atoms with Gasteiger partial charge in [0.05, 0.1) is 38.5 Å². The van der Waals surface area contributed by atoms with Gasteiger partial charge in [0, 0.05) is 6.42 Å². The molecular weight excluding hydrogens is 566 g/mol. The van der Waals surface area contributed by atoms with Gasteiger partial charge >= 0.3 is 6.09 Å². The Morgan fingerprint density at radius 3 is 1.47 bits per heavy atom. The SMILES string of the molecule is CC(=O)CC[C@@H]1[C@@H](OCc2ccccc2)[C@H](OCc2ccccc2)[C@@H](COCc2ccccc2)N1C(=O)OCc1ccccc1. The summed E-state index contributed by atoms with van der Waals surface area (Å²) in [6.07, 6.45) is -0.842. The molecule has 45 heavy (non-hydrogen) atoms. The molecule has 1 heterocycles. The molecule has 0 saturated carbocycles. The summed E-state index contributed by atoms with van der Waals surface area (Å²) in [7, 11) is 0. The zero-order chi connectivity index (χ0) is 31.3. The van der Waals surface area contributed by atoms with Crippen LogP contribution >= 0.6 is 0 Å². The molecule has 0 aliphatic carbocycles. The first-order valence-corrected chi connectivity index (χ1v) is 15.5. The Bertz CT molecular complexity index is 1450. The molecule has 4 aromatic rings. The Balaban J connectivity index is 1.45. The zero-order valence-electron chi connectivity index (χ0n) is 25.7. The number of hydrogen-bond acceptors (Lipinski definition) is 6. The fraction of sp³-hybridized carbons (Fsp3) is 0.316. The number of likely N-dealkylation sites (tertiary alicyclic amines) is 1. The van der Waals surface area contributed by atoms with Gasteiger partial charge in [-0.1, -0.05) is 121 Å². The van der Waals surface area contributed by atoms with Gasteiger partial charge in [0.25, 0.3) is 0 Å². The molecule has 0 spiro atoms. The van der Waals surface area contributed by atoms with Crippen molar-refractivity contribution in [2.24, 2.45) is 0 Å². The van der Waals surface area contributed by atoms with Crippen LogP contribution in [0.15, 0.2) is 121 Å². The highest BCUT2D eigenvalue weighted by Crippen LogP contribution is 2.35. The van der Waals surface area contributed by atoms with Gasteiger partial charge in [0.2, 0.25) is 0 Å². The maximum absolute atomic E-state index is 14.0. The maximum Gasteiger partial charge on any atom is 0.410 e. The molecule has 1 amide bonds. The van der Waals surface area contributed by atoms with Gasteiger partial charge in [-0.25, -0.2) is 4.79 Å². The number of ketones is 1. The van der Waals surface area contributed by atoms with Gasteiger partial charge in [-0.05, 0) is 35.6 Å². The third-order valence-electron chi connectivity index (χ3n) is 7.98. The van der Waals surface area contributed by atoms with Gasteiger partial charge in [0.1, 0.15) is 24.6 Å². The Morgan fingerprint density at radius 2 is 1.00 bits per heavy atom. The molecule has 0 bridgehead atoms. The summed E-state index contributed by atoms with van der Waals surface area (Å²) in [5, 5.41) is 0. The van der Waals surface area contributed by atoms with Gasteiger partial charge in [-0.15, -0.1) is 0 Å². The number of benzene rings is 4. The normalized spacial score (nSPS) is 19.4. The van der Waals surface area contributed by atoms with Crippen molar-refractivity contribution in [2.45, 2.75) is 70.5 Å². The second-order valence-electron chi connectivity index (χ2n) is 11.3. The molecule has 0 N–H and O–H groups in total. The lowest BCUT2D eigenvalue weighted by Gasteiger charge is -2.30. The monoisotopic (exact) mass is 607 g/mol. The fourth-order valence-electron chi connectivity index (χ4n) is 5.71. The molecular formula is C38H41NO6. The van der Waals surface area contributed by atoms with E-state index in [1.807, 2.05) is 121 Å². The van der Waals surface area contributed by atoms with Crippen molar-refractivity contribution < 1.29 is 28.5 Å². The summed E-state index contributed by atoms with van der Waals surface area (Å²) in [6.45, 7) is 2.94. The number of Topliss-reactive ketones (excluding diaryl/α,β-unsaturated/α-hetero) is 1. The van der Waals surface area contributed by atoms with Crippen molar-refractivity contribution in [3.8, 4) is 0 Å². The van der Waals surface area contributed by atoms with Gasteiger partial charge in [-0.2, -0.15) is 0 Å². The number of ether oxygens (including phenoxy) is 4. The number of carbonyl (C=O) groups excluding carboxylic acids is 2. The molecule has 1 fully saturated rings. The van der Waals surface area contributed by atoms with E-state index in [1.54, 1.807) is 11.8 Å². The van der Waals surface area contributed by atoms with Crippen LogP contribution in [0.25, 0.3) is 0 Å². The Hall–Kier alpha value is -4.30. The minimum Gasteiger partial charge on any atom is -0.445 e. The lowest BCUT2D eigenvalue weighted by molar-refractivity contribution is -0.117. The number of rotatable bonds is 15. The summed E-state index contributed by atoms with van der Waals surface area (Å²) in [5.74, 6) is 0.0416. The van der Waals surface area contributed by atoms with Crippen molar-refractivity contribution in [1.82, 2.24) is 4.90 Å². The highest BCUT2D eigenvalue weighted by atomic mass is 16.6. The van der Waals surface area contributed by atoms with E-state index < -0.39 is 30.4 Å². The number of hydrogen-bond donors (Lipinski definition) is 0. The topological polar surface area (TPSA) is 74.3 Å². The molecule has 0 radical (unpaired) electrons. The summed E-state index contributed by atoms with van der Waals surface area (Å²) in [4.78, 5) is 28.0. The van der Waals surface area contributed by atoms with E-state index in [4.69, 9.17) is 18.9 Å². The highest BCUT2D eigenvalue weighted by molar-refractivity contribution is 5.75. The highest BCUT2D eigenvalue weighted by Gasteiger charge is 2.53. The van der Waals surface area contributed by atoms with Crippen LogP contribution in [0.1, 0.15) is 42.0 Å². The van der Waals surface area contributed by atoms with Crippen LogP contribution < -0.4 is 0 Å². The molecule has 1 aliphatic rings. The molecule has 5 rings (SSSR count). The summed E-state index contributed by atoms with van der Waals surface area (Å²) in [5.41, 5.74) is 3.93. The Labute approximate surface area is 265 Å². The summed E-state index contributed by atoms with van der Waals surface area (Å²) in [6, 6.07) is 38.4. The molecule has 0 unspecified atom stereocenters. The van der Waals surface area contributed by atoms with E-state index in [0.29, 0.717) is 32.7 Å². The molecule has 7 heteroatoms. The molecule has 0 aromatic heterocycles. The average Bonchev–Trinajstić information content (AvgIpc) is 3.38. The minimum absolute atomic E-state index is 0.0416. The van der Waals surface area contributed by atoms with Crippen molar-refractivity contribution >= 4 is 11.9 Å². The summed E-state index contributed by atoms with van der Waals surface area (Å²) >= 11 is 0. The molecule has 4 aromatic carbocycles. The Morgan fingerprint density at radius 1 is 0.578 bits per heavy atom. The van der Waals surface area contributed by atoms with Crippen LogP contribution in [0.2, 0.25) is 0 Å². The Kier molecular flexibility index (Phi) is 11.9. The van der Waals surface area contributed by atoms with E-state index in [2.05, 4.69) is 0 Å². The standard InChI is InChI=1S/C38H41NO6/c1-29(40)22-23-34-36(43-25-31-16-8-3-9-17-31)37(44-26-32-18-10-4-11-19-32)35(28-42-24-30-14-6-2-7-15-30)39(34)38(41)45-27-33-20-12-5-13-21-33/h2-21,34-37H,22-28H2,1H3/t34-,35-,36-,37-/m1/s1. The van der Waals surface area contributed by atoms with Crippen molar-refractivity contribution in [3.63, 3.8) is 0 Å². The third kappa shape index (κ3) is 9.35. The van der Waals surface area contributed by atoms with Crippen LogP contribution in [-0.4, -0.2) is 47.7 Å². The predicted molar refractivity (Wildman–Crippen MR) is 172 cm³/mol. The summed E-state index contributed by atoms with van der Waals surface area (Å²) < 4.78 is 25.4. The third-order valence-corrected chi connectivity index (χ3v) is 7.98. The fourth-order valence-corrected chi connectivity index (χ4v) is 5.71. The quantitative estimate of drug-likeness (QED) is 0.143. The average molecular weight is 608 g/mol. The van der Waals surface area contributed by atoms with Crippen molar-refractivity contribution in [2.75, 3.05) is 6.61 Å². The maximum atomic E-state index is 14.0. The molecule has 7 nitrogen and oxygen atoms in total. The van der Waals surface area contributed by atoms with Gasteiger partial charge < -0.3 is 23.7 Å². The lowest BCUT2D eigenvalue weighted by atomic mass is 10.0. The number of amides is 1. The first kappa shape index (κ1) is 32.1. The van der Waals surface area contributed by atoms with Crippen LogP contribution in [0, 0.1) is 0 Å². The lowest BCUT2D eigenvalue weighted by Crippen LogP contribution is -2.46. The van der Waals surface area contributed by atoms with E-state index in [-0.39, 0.29) is 19.0 Å². The van der Waals surface area contributed by atoms with Crippen LogP contribution in [-0.2, 0) is 50.2 Å². The number of nitrogens with zero attached hydrogens (tertiary/aromatic N) is 1. The van der Waals surface area contributed by atoms with Gasteiger partial charge in [-0.3, -0.25) is 4.90 Å². The van der Waals surface area contributed by atoms with E-state index in [9.17, 15) is 9.59 Å². The molecule has 1 aliphatic heterocycles. The second kappa shape index (κ2) is 16.7. The van der Waals surface area contributed by atoms with Crippen LogP contribution in [0.3, 0.4) is 0 Å². The van der Waals surface area contributed by atoms with Crippen molar-refractivity contribution in [1.29, 1.82) is 0 Å². The predicted octanol–water partition coefficient (Wildman–Crippen LogP) is 7.13. The minimum atomic E-state index is -0.536. The van der Waals surface area contributed by atoms with E-state index in [1.165, 1.54) is 0 Å². The first-order valence-electron chi connectivity index (χ1n) is 15.5. The van der Waals surface area contributed by atoms with Crippen LogP contribution in [0.4, 0.5) is 4.79 Å². The molecule has 4 atom stereocenters. The van der Waals surface area contributed by atoms with Crippen molar-refractivity contribution in [3.05, 3.63) is 144 Å². The smallest absolute Gasteiger partial charge is 0.410 e. The number of carbonyl (C=O) groups is 2. The van der Waals surface area contributed by atoms with Gasteiger partial charge in [0.15, 0.2) is 0 Å². The van der Waals surface area contributed by atoms with E-state index >= 15 is 0 Å². The van der Waals surface area contributed by atoms with Crippen LogP contribution in [0.5, 0.6) is 0 Å². The second-order valence-corrected chi connectivity index (χ2v) is 11.3. The van der Waals surface area contributed by atoms with E-state index in [0.717, 1.165) is 22.3 Å². The molecule has 1 saturated heterocycles. The zero-order valence-corrected chi connectivity index (χ0v) is 25.7. The largest absolute Gasteiger partial charge is 0.445 e.